The Morgan fingerprint density at radius 1 is 1.00 bits per heavy atom. The van der Waals surface area contributed by atoms with Crippen LogP contribution in [0.25, 0.3) is 0 Å². The highest BCUT2D eigenvalue weighted by Crippen LogP contribution is 2.37. The lowest BCUT2D eigenvalue weighted by molar-refractivity contribution is -0.152. The molecule has 14 heteroatoms. The third kappa shape index (κ3) is 7.10. The zero-order valence-electron chi connectivity index (χ0n) is 23.5. The summed E-state index contributed by atoms with van der Waals surface area (Å²) in [6.45, 7) is 1.28. The Bertz CT molecular complexity index is 1410. The van der Waals surface area contributed by atoms with Crippen LogP contribution in [0.1, 0.15) is 47.9 Å². The first kappa shape index (κ1) is 31.6. The zero-order chi connectivity index (χ0) is 31.6. The molecule has 2 aromatic carbocycles. The number of fused-ring (bicyclic) bond motifs is 1. The highest BCUT2D eigenvalue weighted by atomic mass is 19.4. The summed E-state index contributed by atoms with van der Waals surface area (Å²) in [6, 6.07) is 8.17. The summed E-state index contributed by atoms with van der Waals surface area (Å²) in [6.07, 6.45) is -7.99. The normalized spacial score (nSPS) is 23.3. The minimum Gasteiger partial charge on any atom is -0.480 e. The topological polar surface area (TPSA) is 94.9 Å². The van der Waals surface area contributed by atoms with E-state index in [4.69, 9.17) is 14.7 Å². The molecule has 2 aromatic rings. The molecule has 236 valence electrons. The number of hydrogen-bond donors (Lipinski definition) is 1. The van der Waals surface area contributed by atoms with E-state index in [1.54, 1.807) is 11.0 Å². The lowest BCUT2D eigenvalue weighted by Gasteiger charge is -2.39. The number of alkyl halides is 6. The quantitative estimate of drug-likeness (QED) is 0.342. The van der Waals surface area contributed by atoms with E-state index in [2.05, 4.69) is 5.32 Å². The van der Waals surface area contributed by atoms with Crippen molar-refractivity contribution in [2.75, 3.05) is 31.5 Å². The highest BCUT2D eigenvalue weighted by Gasteiger charge is 2.38. The lowest BCUT2D eigenvalue weighted by atomic mass is 9.92. The van der Waals surface area contributed by atoms with Gasteiger partial charge in [0.15, 0.2) is 18.6 Å². The van der Waals surface area contributed by atoms with E-state index in [9.17, 15) is 35.9 Å². The number of halogens is 6. The maximum absolute atomic E-state index is 13.3. The summed E-state index contributed by atoms with van der Waals surface area (Å²) in [7, 11) is 0. The second-order valence-corrected chi connectivity index (χ2v) is 11.1. The van der Waals surface area contributed by atoms with Crippen LogP contribution >= 0.6 is 0 Å². The molecule has 1 N–H and O–H groups in total. The van der Waals surface area contributed by atoms with E-state index in [1.807, 2.05) is 4.90 Å². The van der Waals surface area contributed by atoms with Gasteiger partial charge in [0.1, 0.15) is 5.75 Å². The fraction of sp³-hybridized carbons (Fsp3) is 0.500. The number of carbonyl (C=O) groups is 2. The van der Waals surface area contributed by atoms with E-state index >= 15 is 0 Å². The molecule has 1 amide bonds. The molecule has 0 bridgehead atoms. The fourth-order valence-electron chi connectivity index (χ4n) is 5.91. The average Bonchev–Trinajstić information content (AvgIpc) is 3.43. The number of carbonyl (C=O) groups excluding carboxylic acids is 2. The number of benzene rings is 2. The van der Waals surface area contributed by atoms with Gasteiger partial charge < -0.3 is 19.7 Å². The van der Waals surface area contributed by atoms with E-state index in [0.717, 1.165) is 24.3 Å². The Kier molecular flexibility index (Phi) is 9.08. The van der Waals surface area contributed by atoms with E-state index in [0.29, 0.717) is 50.6 Å². The number of hydrogen-bond acceptors (Lipinski definition) is 7. The molecule has 1 aliphatic carbocycles. The number of nitriles is 1. The molecular formula is C30H30F6N4O4. The molecule has 2 atom stereocenters. The Morgan fingerprint density at radius 2 is 1.70 bits per heavy atom. The summed E-state index contributed by atoms with van der Waals surface area (Å²) in [5.74, 6) is -0.0642. The summed E-state index contributed by atoms with van der Waals surface area (Å²) < 4.78 is 90.8. The predicted octanol–water partition coefficient (Wildman–Crippen LogP) is 5.01. The van der Waals surface area contributed by atoms with E-state index in [1.165, 1.54) is 12.1 Å². The minimum atomic E-state index is -4.64. The summed E-state index contributed by atoms with van der Waals surface area (Å²) >= 11 is 0. The molecule has 0 radical (unpaired) electrons. The third-order valence-corrected chi connectivity index (χ3v) is 8.26. The van der Waals surface area contributed by atoms with Gasteiger partial charge in [-0.15, -0.1) is 0 Å². The number of piperazine rings is 1. The van der Waals surface area contributed by atoms with Crippen LogP contribution in [0.5, 0.6) is 5.75 Å². The molecule has 1 saturated carbocycles. The van der Waals surface area contributed by atoms with Gasteiger partial charge in [-0.3, -0.25) is 14.5 Å². The first-order valence-electron chi connectivity index (χ1n) is 14.2. The first-order chi connectivity index (χ1) is 20.9. The van der Waals surface area contributed by atoms with Crippen LogP contribution in [0.3, 0.4) is 0 Å². The Hall–Kier alpha value is -3.83. The predicted molar refractivity (Wildman–Crippen MR) is 144 cm³/mol. The van der Waals surface area contributed by atoms with Gasteiger partial charge in [-0.2, -0.15) is 31.6 Å². The monoisotopic (exact) mass is 624 g/mol. The van der Waals surface area contributed by atoms with Gasteiger partial charge >= 0.3 is 12.4 Å². The van der Waals surface area contributed by atoms with Crippen molar-refractivity contribution in [1.29, 1.82) is 5.26 Å². The van der Waals surface area contributed by atoms with Crippen LogP contribution in [0, 0.1) is 11.3 Å². The van der Waals surface area contributed by atoms with Gasteiger partial charge in [0.2, 0.25) is 0 Å². The number of aldehydes is 1. The molecule has 2 unspecified atom stereocenters. The van der Waals surface area contributed by atoms with Crippen molar-refractivity contribution in [2.24, 2.45) is 0 Å². The second-order valence-electron chi connectivity index (χ2n) is 11.1. The van der Waals surface area contributed by atoms with Gasteiger partial charge in [0.05, 0.1) is 28.9 Å². The number of amides is 1. The van der Waals surface area contributed by atoms with Gasteiger partial charge in [0, 0.05) is 44.3 Å². The third-order valence-electron chi connectivity index (χ3n) is 8.26. The number of rotatable bonds is 7. The maximum Gasteiger partial charge on any atom is 0.417 e. The Labute approximate surface area is 249 Å². The molecule has 2 heterocycles. The second kappa shape index (κ2) is 12.6. The van der Waals surface area contributed by atoms with Crippen molar-refractivity contribution in [3.63, 3.8) is 0 Å². The van der Waals surface area contributed by atoms with Crippen LogP contribution in [0.4, 0.5) is 32.0 Å². The standard InChI is InChI=1S/C30H30F6N4O4/c31-29(32,33)20-2-8-25-19(13-20)14-26(44-25)28(42)40-11-9-39(10-12-40)27(17-41)43-23-6-4-21(5-7-23)38-22-3-1-18(16-37)24(15-22)30(34,35)36/h1-3,8,13,15,17,21,23,26-27,38H,4-7,9-12,14H2. The molecule has 8 nitrogen and oxygen atoms in total. The molecule has 0 spiro atoms. The van der Waals surface area contributed by atoms with Gasteiger partial charge in [-0.1, -0.05) is 0 Å². The number of nitrogens with one attached hydrogen (secondary N) is 1. The van der Waals surface area contributed by atoms with E-state index in [-0.39, 0.29) is 49.0 Å². The van der Waals surface area contributed by atoms with Crippen molar-refractivity contribution in [3.05, 3.63) is 58.7 Å². The van der Waals surface area contributed by atoms with Crippen molar-refractivity contribution in [3.8, 4) is 11.8 Å². The summed E-state index contributed by atoms with van der Waals surface area (Å²) in [5.41, 5.74) is -1.61. The van der Waals surface area contributed by atoms with Crippen molar-refractivity contribution in [1.82, 2.24) is 9.80 Å². The van der Waals surface area contributed by atoms with Gasteiger partial charge in [0.25, 0.3) is 5.91 Å². The number of anilines is 1. The average molecular weight is 625 g/mol. The molecule has 2 aliphatic heterocycles. The zero-order valence-corrected chi connectivity index (χ0v) is 23.5. The van der Waals surface area contributed by atoms with E-state index < -0.39 is 41.4 Å². The van der Waals surface area contributed by atoms with Gasteiger partial charge in [-0.25, -0.2) is 0 Å². The lowest BCUT2D eigenvalue weighted by Crippen LogP contribution is -2.55. The van der Waals surface area contributed by atoms with Gasteiger partial charge in [-0.05, 0) is 67.6 Å². The molecule has 5 rings (SSSR count). The molecular weight excluding hydrogens is 594 g/mol. The minimum absolute atomic E-state index is 0.0462. The molecule has 3 aliphatic rings. The Morgan fingerprint density at radius 3 is 2.32 bits per heavy atom. The summed E-state index contributed by atoms with van der Waals surface area (Å²) in [4.78, 5) is 28.4. The number of nitrogens with zero attached hydrogens (tertiary/aromatic N) is 3. The first-order valence-corrected chi connectivity index (χ1v) is 14.2. The van der Waals surface area contributed by atoms with Crippen molar-refractivity contribution >= 4 is 17.9 Å². The van der Waals surface area contributed by atoms with Crippen molar-refractivity contribution < 1.29 is 45.4 Å². The SMILES string of the molecule is N#Cc1ccc(NC2CCC(OC(C=O)N3CCN(C(=O)C4Cc5cc(C(F)(F)F)ccc5O4)CC3)CC2)cc1C(F)(F)F. The van der Waals surface area contributed by atoms with Crippen LogP contribution in [-0.4, -0.2) is 72.6 Å². The fourth-order valence-corrected chi connectivity index (χ4v) is 5.91. The molecule has 0 aromatic heterocycles. The highest BCUT2D eigenvalue weighted by molar-refractivity contribution is 5.83. The van der Waals surface area contributed by atoms with Crippen LogP contribution in [0.15, 0.2) is 36.4 Å². The summed E-state index contributed by atoms with van der Waals surface area (Å²) in [5, 5.41) is 12.1. The Balaban J connectivity index is 1.08. The van der Waals surface area contributed by atoms with Crippen LogP contribution < -0.4 is 10.1 Å². The largest absolute Gasteiger partial charge is 0.480 e. The molecule has 44 heavy (non-hydrogen) atoms. The maximum atomic E-state index is 13.3. The molecule has 2 fully saturated rings. The van der Waals surface area contributed by atoms with Crippen LogP contribution in [-0.2, 0) is 33.1 Å². The number of ether oxygens (including phenoxy) is 2. The smallest absolute Gasteiger partial charge is 0.417 e. The van der Waals surface area contributed by atoms with Crippen LogP contribution in [0.2, 0.25) is 0 Å². The van der Waals surface area contributed by atoms with Crippen molar-refractivity contribution in [2.45, 2.75) is 68.9 Å². The molecule has 1 saturated heterocycles.